The Morgan fingerprint density at radius 2 is 1.91 bits per heavy atom. The van der Waals surface area contributed by atoms with Gasteiger partial charge in [-0.25, -0.2) is 4.98 Å². The van der Waals surface area contributed by atoms with Crippen molar-refractivity contribution in [1.82, 2.24) is 14.5 Å². The number of allylic oxidation sites excluding steroid dienone is 1. The topological polar surface area (TPSA) is 57.4 Å². The largest absolute Gasteiger partial charge is 0.342 e. The lowest BCUT2D eigenvalue weighted by molar-refractivity contribution is 0.836. The molecule has 0 bridgehead atoms. The third-order valence-corrected chi connectivity index (χ3v) is 6.55. The second-order valence-electron chi connectivity index (χ2n) is 7.25. The van der Waals surface area contributed by atoms with Gasteiger partial charge in [-0.2, -0.15) is 5.26 Å². The predicted octanol–water partition coefficient (Wildman–Crippen LogP) is 7.53. The van der Waals surface area contributed by atoms with Crippen molar-refractivity contribution in [3.8, 4) is 6.07 Å². The Bertz CT molecular complexity index is 1490. The van der Waals surface area contributed by atoms with Gasteiger partial charge in [0.15, 0.2) is 5.16 Å². The molecule has 2 heterocycles. The number of thioether (sulfide) groups is 1. The van der Waals surface area contributed by atoms with Crippen LogP contribution in [0.1, 0.15) is 11.1 Å². The van der Waals surface area contributed by atoms with Gasteiger partial charge in [0.05, 0.1) is 15.9 Å². The van der Waals surface area contributed by atoms with Crippen molar-refractivity contribution in [1.29, 1.82) is 5.26 Å². The fourth-order valence-electron chi connectivity index (χ4n) is 3.66. The second kappa shape index (κ2) is 8.76. The fraction of sp³-hybridized carbons (Fsp3) is 0.0400. The number of fused-ring (bicyclic) bond motifs is 2. The van der Waals surface area contributed by atoms with E-state index in [1.165, 1.54) is 11.8 Å². The highest BCUT2D eigenvalue weighted by atomic mass is 35.5. The lowest BCUT2D eigenvalue weighted by Crippen LogP contribution is -1.98. The van der Waals surface area contributed by atoms with Crippen LogP contribution in [0.5, 0.6) is 0 Å². The molecule has 32 heavy (non-hydrogen) atoms. The number of nitrogens with zero attached hydrogens (tertiary/aromatic N) is 3. The molecule has 0 saturated heterocycles. The minimum Gasteiger partial charge on any atom is -0.342 e. The Kier molecular flexibility index (Phi) is 5.67. The summed E-state index contributed by atoms with van der Waals surface area (Å²) < 4.78 is 2.14. The molecular formula is C25H16Cl2N4S. The number of imidazole rings is 1. The van der Waals surface area contributed by atoms with Crippen molar-refractivity contribution in [2.24, 2.45) is 0 Å². The number of aromatic amines is 1. The Labute approximate surface area is 199 Å². The molecule has 1 N–H and O–H groups in total. The van der Waals surface area contributed by atoms with Gasteiger partial charge in [-0.1, -0.05) is 59.6 Å². The van der Waals surface area contributed by atoms with E-state index >= 15 is 0 Å². The molecule has 0 aliphatic rings. The highest BCUT2D eigenvalue weighted by Gasteiger charge is 2.12. The molecule has 5 aromatic rings. The van der Waals surface area contributed by atoms with Gasteiger partial charge in [-0.15, -0.1) is 0 Å². The van der Waals surface area contributed by atoms with Crippen LogP contribution in [0, 0.1) is 11.3 Å². The van der Waals surface area contributed by atoms with E-state index in [1.54, 1.807) is 6.07 Å². The van der Waals surface area contributed by atoms with E-state index in [0.717, 1.165) is 33.1 Å². The maximum atomic E-state index is 9.78. The molecule has 0 aliphatic heterocycles. The number of aromatic nitrogens is 3. The standard InChI is InChI=1S/C25H16Cl2N4S/c26-18-10-9-16(21(27)12-18)14-31-15-17(20-5-1-4-8-24(20)31)11-19(13-28)32-25-29-22-6-2-3-7-23(22)30-25/h1-12,15H,14H2,(H,29,30)/b19-11+. The van der Waals surface area contributed by atoms with Crippen LogP contribution in [0.2, 0.25) is 10.0 Å². The Hall–Kier alpha value is -3.17. The van der Waals surface area contributed by atoms with E-state index in [9.17, 15) is 5.26 Å². The lowest BCUT2D eigenvalue weighted by atomic mass is 10.1. The van der Waals surface area contributed by atoms with Crippen molar-refractivity contribution < 1.29 is 0 Å². The summed E-state index contributed by atoms with van der Waals surface area (Å²) in [7, 11) is 0. The zero-order valence-electron chi connectivity index (χ0n) is 16.7. The number of hydrogen-bond acceptors (Lipinski definition) is 3. The first-order valence-corrected chi connectivity index (χ1v) is 11.4. The molecular weight excluding hydrogens is 459 g/mol. The summed E-state index contributed by atoms with van der Waals surface area (Å²) in [4.78, 5) is 8.38. The molecule has 5 rings (SSSR count). The monoisotopic (exact) mass is 474 g/mol. The molecule has 0 aliphatic carbocycles. The number of para-hydroxylation sites is 3. The van der Waals surface area contributed by atoms with Gasteiger partial charge in [-0.3, -0.25) is 0 Å². The summed E-state index contributed by atoms with van der Waals surface area (Å²) in [6.07, 6.45) is 3.95. The summed E-state index contributed by atoms with van der Waals surface area (Å²) in [5.74, 6) is 0. The van der Waals surface area contributed by atoms with Gasteiger partial charge >= 0.3 is 0 Å². The lowest BCUT2D eigenvalue weighted by Gasteiger charge is -2.08. The average molecular weight is 475 g/mol. The highest BCUT2D eigenvalue weighted by Crippen LogP contribution is 2.31. The molecule has 7 heteroatoms. The minimum absolute atomic E-state index is 0.552. The SMILES string of the molecule is N#C/C(=C\c1cn(Cc2ccc(Cl)cc2Cl)c2ccccc12)Sc1nc2ccccc2[nH]1. The number of rotatable bonds is 5. The maximum absolute atomic E-state index is 9.78. The normalized spacial score (nSPS) is 11.8. The van der Waals surface area contributed by atoms with E-state index in [4.69, 9.17) is 23.2 Å². The fourth-order valence-corrected chi connectivity index (χ4v) is 4.88. The number of benzene rings is 3. The zero-order chi connectivity index (χ0) is 22.1. The second-order valence-corrected chi connectivity index (χ2v) is 9.12. The first-order valence-electron chi connectivity index (χ1n) is 9.87. The third-order valence-electron chi connectivity index (χ3n) is 5.15. The van der Waals surface area contributed by atoms with Crippen molar-refractivity contribution in [2.45, 2.75) is 11.7 Å². The molecule has 0 radical (unpaired) electrons. The molecule has 0 unspecified atom stereocenters. The van der Waals surface area contributed by atoms with Crippen LogP contribution in [-0.2, 0) is 6.54 Å². The molecule has 4 nitrogen and oxygen atoms in total. The van der Waals surface area contributed by atoms with Crippen molar-refractivity contribution >= 4 is 63.0 Å². The van der Waals surface area contributed by atoms with Crippen molar-refractivity contribution in [3.05, 3.63) is 99.0 Å². The van der Waals surface area contributed by atoms with Crippen LogP contribution in [0.3, 0.4) is 0 Å². The molecule has 3 aromatic carbocycles. The van der Waals surface area contributed by atoms with Gasteiger partial charge in [0.25, 0.3) is 0 Å². The third kappa shape index (κ3) is 4.13. The molecule has 0 amide bonds. The Morgan fingerprint density at radius 1 is 1.09 bits per heavy atom. The summed E-state index contributed by atoms with van der Waals surface area (Å²) in [5, 5.41) is 12.8. The molecule has 0 spiro atoms. The van der Waals surface area contributed by atoms with Crippen LogP contribution in [0.15, 0.2) is 83.0 Å². The molecule has 156 valence electrons. The van der Waals surface area contributed by atoms with E-state index < -0.39 is 0 Å². The van der Waals surface area contributed by atoms with Crippen LogP contribution in [0.25, 0.3) is 28.0 Å². The van der Waals surface area contributed by atoms with E-state index in [-0.39, 0.29) is 0 Å². The minimum atomic E-state index is 0.552. The average Bonchev–Trinajstić information content (AvgIpc) is 3.36. The number of hydrogen-bond donors (Lipinski definition) is 1. The number of halogens is 2. The highest BCUT2D eigenvalue weighted by molar-refractivity contribution is 8.03. The number of nitrogens with one attached hydrogen (secondary N) is 1. The van der Waals surface area contributed by atoms with Crippen LogP contribution >= 0.6 is 35.0 Å². The Balaban J connectivity index is 1.51. The summed E-state index contributed by atoms with van der Waals surface area (Å²) in [6, 6.07) is 23.8. The summed E-state index contributed by atoms with van der Waals surface area (Å²) >= 11 is 13.8. The van der Waals surface area contributed by atoms with Gasteiger partial charge in [-0.05, 0) is 53.7 Å². The van der Waals surface area contributed by atoms with Crippen LogP contribution in [-0.4, -0.2) is 14.5 Å². The summed E-state index contributed by atoms with van der Waals surface area (Å²) in [6.45, 7) is 0.600. The van der Waals surface area contributed by atoms with E-state index in [0.29, 0.717) is 26.7 Å². The molecule has 0 atom stereocenters. The predicted molar refractivity (Wildman–Crippen MR) is 133 cm³/mol. The quantitative estimate of drug-likeness (QED) is 0.211. The van der Waals surface area contributed by atoms with E-state index in [1.807, 2.05) is 60.8 Å². The smallest absolute Gasteiger partial charge is 0.171 e. The number of nitriles is 1. The van der Waals surface area contributed by atoms with Gasteiger partial charge < -0.3 is 9.55 Å². The summed E-state index contributed by atoms with van der Waals surface area (Å²) in [5.41, 5.74) is 4.83. The number of H-pyrrole nitrogens is 1. The van der Waals surface area contributed by atoms with E-state index in [2.05, 4.69) is 32.7 Å². The van der Waals surface area contributed by atoms with Gasteiger partial charge in [0.2, 0.25) is 0 Å². The molecule has 0 saturated carbocycles. The maximum Gasteiger partial charge on any atom is 0.171 e. The molecule has 2 aromatic heterocycles. The van der Waals surface area contributed by atoms with Crippen LogP contribution in [0.4, 0.5) is 0 Å². The Morgan fingerprint density at radius 3 is 2.72 bits per heavy atom. The first-order chi connectivity index (χ1) is 15.6. The van der Waals surface area contributed by atoms with Gasteiger partial charge in [0.1, 0.15) is 6.07 Å². The molecule has 0 fully saturated rings. The zero-order valence-corrected chi connectivity index (χ0v) is 19.0. The first kappa shape index (κ1) is 20.7. The van der Waals surface area contributed by atoms with Crippen molar-refractivity contribution in [2.75, 3.05) is 0 Å². The van der Waals surface area contributed by atoms with Crippen LogP contribution < -0.4 is 0 Å². The van der Waals surface area contributed by atoms with Gasteiger partial charge in [0, 0.05) is 39.3 Å². The van der Waals surface area contributed by atoms with Crippen molar-refractivity contribution in [3.63, 3.8) is 0 Å².